The van der Waals surface area contributed by atoms with Crippen LogP contribution in [0.15, 0.2) is 72.9 Å². The molecule has 0 rings (SSSR count). The predicted octanol–water partition coefficient (Wildman–Crippen LogP) is 5.60. The molecule has 0 fully saturated rings. The van der Waals surface area contributed by atoms with Crippen LogP contribution in [0.3, 0.4) is 0 Å². The van der Waals surface area contributed by atoms with Crippen LogP contribution in [0.5, 0.6) is 0 Å². The fraction of sp³-hybridized carbons (Fsp3) is 0.500. The van der Waals surface area contributed by atoms with Gasteiger partial charge >= 0.3 is 11.9 Å². The van der Waals surface area contributed by atoms with Crippen molar-refractivity contribution in [2.75, 3.05) is 13.2 Å². The SMILES string of the molecule is CCC=CCC=CCC=CCC=CCC=CCC=CCC(=O)OCC(C)(C)C(O)C(=O)NCCC(=O)O. The molecule has 0 aliphatic rings. The van der Waals surface area contributed by atoms with Gasteiger partial charge in [-0.15, -0.1) is 0 Å². The predicted molar refractivity (Wildman–Crippen MR) is 149 cm³/mol. The third-order valence-corrected chi connectivity index (χ3v) is 5.11. The molecular weight excluding hydrogens is 470 g/mol. The van der Waals surface area contributed by atoms with E-state index in [0.717, 1.165) is 32.1 Å². The van der Waals surface area contributed by atoms with Crippen molar-refractivity contribution in [3.05, 3.63) is 72.9 Å². The van der Waals surface area contributed by atoms with Gasteiger partial charge in [-0.25, -0.2) is 0 Å². The van der Waals surface area contributed by atoms with E-state index >= 15 is 0 Å². The van der Waals surface area contributed by atoms with Crippen LogP contribution in [0.2, 0.25) is 0 Å². The Morgan fingerprint density at radius 2 is 1.22 bits per heavy atom. The fourth-order valence-corrected chi connectivity index (χ4v) is 2.85. The van der Waals surface area contributed by atoms with Crippen LogP contribution in [0.25, 0.3) is 0 Å². The number of esters is 1. The monoisotopic (exact) mass is 515 g/mol. The van der Waals surface area contributed by atoms with Crippen molar-refractivity contribution in [2.45, 2.75) is 78.2 Å². The molecule has 0 saturated heterocycles. The first-order chi connectivity index (χ1) is 17.7. The molecule has 3 N–H and O–H groups in total. The number of hydrogen-bond acceptors (Lipinski definition) is 5. The lowest BCUT2D eigenvalue weighted by molar-refractivity contribution is -0.152. The summed E-state index contributed by atoms with van der Waals surface area (Å²) in [6, 6.07) is 0. The number of allylic oxidation sites excluding steroid dienone is 11. The van der Waals surface area contributed by atoms with Gasteiger partial charge < -0.3 is 20.3 Å². The quantitative estimate of drug-likeness (QED) is 0.144. The molecule has 7 nitrogen and oxygen atoms in total. The number of rotatable bonds is 20. The maximum atomic E-state index is 11.9. The lowest BCUT2D eigenvalue weighted by atomic mass is 9.87. The zero-order valence-corrected chi connectivity index (χ0v) is 22.6. The smallest absolute Gasteiger partial charge is 0.309 e. The number of aliphatic carboxylic acids is 1. The summed E-state index contributed by atoms with van der Waals surface area (Å²) in [5.41, 5.74) is -1.01. The molecule has 1 unspecified atom stereocenters. The van der Waals surface area contributed by atoms with Crippen molar-refractivity contribution in [2.24, 2.45) is 5.41 Å². The minimum Gasteiger partial charge on any atom is -0.481 e. The summed E-state index contributed by atoms with van der Waals surface area (Å²) in [4.78, 5) is 34.4. The first-order valence-electron chi connectivity index (χ1n) is 12.9. The van der Waals surface area contributed by atoms with E-state index in [0.29, 0.717) is 6.42 Å². The Balaban J connectivity index is 3.99. The molecule has 1 atom stereocenters. The molecule has 0 aromatic rings. The highest BCUT2D eigenvalue weighted by Gasteiger charge is 2.34. The Morgan fingerprint density at radius 3 is 1.65 bits per heavy atom. The molecule has 0 aliphatic carbocycles. The maximum Gasteiger partial charge on any atom is 0.309 e. The standard InChI is InChI=1S/C30H45NO6/c1-4-5-6-7-8-9-10-11-12-13-14-15-16-17-18-19-20-21-22-27(34)37-25-30(2,3)28(35)29(36)31-24-23-26(32)33/h5-6,8-9,11-12,14-15,17-18,20-21,28,35H,4,7,10,13,16,19,22-25H2,1-3H3,(H,31,36)(H,32,33). The third kappa shape index (κ3) is 20.7. The van der Waals surface area contributed by atoms with Gasteiger partial charge in [0, 0.05) is 12.0 Å². The van der Waals surface area contributed by atoms with Gasteiger partial charge in [0.25, 0.3) is 0 Å². The minimum absolute atomic E-state index is 0.0796. The molecule has 0 bridgehead atoms. The molecule has 1 amide bonds. The van der Waals surface area contributed by atoms with Crippen LogP contribution in [-0.4, -0.2) is 47.3 Å². The summed E-state index contributed by atoms with van der Waals surface area (Å²) in [5, 5.41) is 21.1. The van der Waals surface area contributed by atoms with Crippen LogP contribution in [0.1, 0.15) is 72.1 Å². The van der Waals surface area contributed by atoms with E-state index in [2.05, 4.69) is 66.9 Å². The second kappa shape index (κ2) is 22.0. The number of carboxylic acid groups (broad SMARTS) is 1. The number of carboxylic acids is 1. The van der Waals surface area contributed by atoms with Gasteiger partial charge in [-0.2, -0.15) is 0 Å². The van der Waals surface area contributed by atoms with Gasteiger partial charge in [0.1, 0.15) is 6.10 Å². The number of amides is 1. The van der Waals surface area contributed by atoms with Gasteiger partial charge in [-0.05, 0) is 38.5 Å². The number of hydrogen-bond donors (Lipinski definition) is 3. The van der Waals surface area contributed by atoms with Crippen LogP contribution in [0.4, 0.5) is 0 Å². The average molecular weight is 516 g/mol. The molecule has 0 aromatic carbocycles. The summed E-state index contributed by atoms with van der Waals surface area (Å²) in [5.74, 6) is -2.19. The average Bonchev–Trinajstić information content (AvgIpc) is 2.86. The molecule has 206 valence electrons. The number of ether oxygens (including phenoxy) is 1. The first-order valence-corrected chi connectivity index (χ1v) is 12.9. The molecule has 0 aromatic heterocycles. The van der Waals surface area contributed by atoms with Crippen molar-refractivity contribution >= 4 is 17.8 Å². The summed E-state index contributed by atoms with van der Waals surface area (Å²) < 4.78 is 5.19. The zero-order valence-electron chi connectivity index (χ0n) is 22.6. The van der Waals surface area contributed by atoms with Crippen molar-refractivity contribution in [3.63, 3.8) is 0 Å². The van der Waals surface area contributed by atoms with Gasteiger partial charge in [-0.3, -0.25) is 14.4 Å². The second-order valence-electron chi connectivity index (χ2n) is 9.11. The van der Waals surface area contributed by atoms with E-state index in [4.69, 9.17) is 9.84 Å². The minimum atomic E-state index is -1.43. The van der Waals surface area contributed by atoms with Crippen LogP contribution in [0, 0.1) is 5.41 Å². The Hall–Kier alpha value is -3.19. The number of carbonyl (C=O) groups is 3. The Kier molecular flexibility index (Phi) is 20.1. The van der Waals surface area contributed by atoms with Gasteiger partial charge in [0.05, 0.1) is 19.4 Å². The summed E-state index contributed by atoms with van der Waals surface area (Å²) in [7, 11) is 0. The van der Waals surface area contributed by atoms with Crippen LogP contribution >= 0.6 is 0 Å². The Morgan fingerprint density at radius 1 is 0.784 bits per heavy atom. The highest BCUT2D eigenvalue weighted by molar-refractivity contribution is 5.82. The molecule has 0 heterocycles. The molecule has 7 heteroatoms. The lowest BCUT2D eigenvalue weighted by Crippen LogP contribution is -2.46. The van der Waals surface area contributed by atoms with Gasteiger partial charge in [-0.1, -0.05) is 93.7 Å². The van der Waals surface area contributed by atoms with Gasteiger partial charge in [0.2, 0.25) is 5.91 Å². The van der Waals surface area contributed by atoms with Crippen molar-refractivity contribution in [1.82, 2.24) is 5.32 Å². The molecule has 0 aliphatic heterocycles. The number of nitrogens with one attached hydrogen (secondary N) is 1. The van der Waals surface area contributed by atoms with E-state index in [1.165, 1.54) is 0 Å². The molecule has 0 radical (unpaired) electrons. The zero-order chi connectivity index (χ0) is 27.8. The first kappa shape index (κ1) is 33.8. The van der Waals surface area contributed by atoms with Crippen molar-refractivity contribution < 1.29 is 29.3 Å². The lowest BCUT2D eigenvalue weighted by Gasteiger charge is -2.28. The van der Waals surface area contributed by atoms with Crippen molar-refractivity contribution in [3.8, 4) is 0 Å². The summed E-state index contributed by atoms with van der Waals surface area (Å²) in [6.07, 6.45) is 29.0. The van der Waals surface area contributed by atoms with Crippen molar-refractivity contribution in [1.29, 1.82) is 0 Å². The second-order valence-corrected chi connectivity index (χ2v) is 9.11. The highest BCUT2D eigenvalue weighted by Crippen LogP contribution is 2.21. The molecule has 0 saturated carbocycles. The van der Waals surface area contributed by atoms with Crippen LogP contribution in [-0.2, 0) is 19.1 Å². The van der Waals surface area contributed by atoms with E-state index in [-0.39, 0.29) is 26.0 Å². The topological polar surface area (TPSA) is 113 Å². The molecule has 37 heavy (non-hydrogen) atoms. The maximum absolute atomic E-state index is 11.9. The van der Waals surface area contributed by atoms with E-state index in [1.807, 2.05) is 12.2 Å². The highest BCUT2D eigenvalue weighted by atomic mass is 16.5. The fourth-order valence-electron chi connectivity index (χ4n) is 2.85. The Bertz CT molecular complexity index is 833. The van der Waals surface area contributed by atoms with E-state index < -0.39 is 29.4 Å². The van der Waals surface area contributed by atoms with E-state index in [1.54, 1.807) is 19.9 Å². The summed E-state index contributed by atoms with van der Waals surface area (Å²) in [6.45, 7) is 5.11. The number of aliphatic hydroxyl groups is 1. The van der Waals surface area contributed by atoms with E-state index in [9.17, 15) is 19.5 Å². The number of carbonyl (C=O) groups excluding carboxylic acids is 2. The van der Waals surface area contributed by atoms with Crippen LogP contribution < -0.4 is 5.32 Å². The summed E-state index contributed by atoms with van der Waals surface area (Å²) >= 11 is 0. The number of aliphatic hydroxyl groups excluding tert-OH is 1. The Labute approximate surface area is 222 Å². The molecule has 0 spiro atoms. The van der Waals surface area contributed by atoms with Gasteiger partial charge in [0.15, 0.2) is 0 Å². The third-order valence-electron chi connectivity index (χ3n) is 5.11. The largest absolute Gasteiger partial charge is 0.481 e. The normalized spacial score (nSPS) is 13.6. The molecular formula is C30H45NO6.